The fourth-order valence-electron chi connectivity index (χ4n) is 0.392. The van der Waals surface area contributed by atoms with Gasteiger partial charge in [0.2, 0.25) is 0 Å². The van der Waals surface area contributed by atoms with Gasteiger partial charge in [-0.2, -0.15) is 0 Å². The van der Waals surface area contributed by atoms with Crippen molar-refractivity contribution in [2.24, 2.45) is 5.73 Å². The second kappa shape index (κ2) is 3.21. The predicted molar refractivity (Wildman–Crippen MR) is 43.0 cm³/mol. The molecule has 3 nitrogen and oxygen atoms in total. The Morgan fingerprint density at radius 2 is 2.20 bits per heavy atom. The Morgan fingerprint density at radius 3 is 2.30 bits per heavy atom. The van der Waals surface area contributed by atoms with E-state index in [4.69, 9.17) is 10.8 Å². The average Bonchev–Trinajstić information content (AvgIpc) is 1.86. The van der Waals surface area contributed by atoms with E-state index in [1.54, 1.807) is 13.8 Å². The van der Waals surface area contributed by atoms with Crippen LogP contribution in [0.2, 0.25) is 5.31 Å². The van der Waals surface area contributed by atoms with E-state index in [1.807, 2.05) is 0 Å². The predicted octanol–water partition coefficient (Wildman–Crippen LogP) is 0.413. The first-order valence-electron chi connectivity index (χ1n) is 2.86. The SMILES string of the molecule is CC(C)(B=S)C(N)C(=O)O. The van der Waals surface area contributed by atoms with Crippen molar-refractivity contribution in [2.45, 2.75) is 25.2 Å². The van der Waals surface area contributed by atoms with Gasteiger partial charge in [-0.25, -0.2) is 0 Å². The second-order valence-corrected chi connectivity index (χ2v) is 2.99. The van der Waals surface area contributed by atoms with E-state index in [9.17, 15) is 4.79 Å². The summed E-state index contributed by atoms with van der Waals surface area (Å²) in [5.41, 5.74) is 5.31. The van der Waals surface area contributed by atoms with Crippen molar-refractivity contribution < 1.29 is 9.90 Å². The summed E-state index contributed by atoms with van der Waals surface area (Å²) in [7, 11) is 0. The van der Waals surface area contributed by atoms with Gasteiger partial charge < -0.3 is 0 Å². The van der Waals surface area contributed by atoms with Gasteiger partial charge in [0.15, 0.2) is 0 Å². The van der Waals surface area contributed by atoms with Crippen molar-refractivity contribution in [3.8, 4) is 0 Å². The molecule has 1 atom stereocenters. The standard InChI is InChI=1S/C5H10BNO2S/c1-5(2,6-10)3(7)4(8)9/h3H,7H2,1-2H3,(H,8,9). The van der Waals surface area contributed by atoms with E-state index in [-0.39, 0.29) is 0 Å². The zero-order valence-corrected chi connectivity index (χ0v) is 6.81. The molecule has 0 fully saturated rings. The summed E-state index contributed by atoms with van der Waals surface area (Å²) >= 11 is 4.62. The van der Waals surface area contributed by atoms with Crippen LogP contribution in [0.5, 0.6) is 0 Å². The number of carboxylic acid groups (broad SMARTS) is 1. The molecule has 0 bridgehead atoms. The molecule has 5 heteroatoms. The maximum atomic E-state index is 10.3. The maximum absolute atomic E-state index is 10.3. The molecule has 10 heavy (non-hydrogen) atoms. The number of carboxylic acids is 1. The molecule has 0 aromatic rings. The number of hydrogen-bond acceptors (Lipinski definition) is 3. The summed E-state index contributed by atoms with van der Waals surface area (Å²) < 4.78 is 0. The average molecular weight is 159 g/mol. The van der Waals surface area contributed by atoms with Crippen molar-refractivity contribution in [3.05, 3.63) is 0 Å². The van der Waals surface area contributed by atoms with Crippen LogP contribution < -0.4 is 5.73 Å². The second-order valence-electron chi connectivity index (χ2n) is 2.76. The molecule has 0 spiro atoms. The fraction of sp³-hybridized carbons (Fsp3) is 0.800. The fourth-order valence-corrected chi connectivity index (χ4v) is 0.538. The Morgan fingerprint density at radius 1 is 1.80 bits per heavy atom. The van der Waals surface area contributed by atoms with Crippen molar-refractivity contribution in [1.29, 1.82) is 0 Å². The van der Waals surface area contributed by atoms with E-state index in [2.05, 4.69) is 12.1 Å². The summed E-state index contributed by atoms with van der Waals surface area (Å²) in [6.07, 6.45) is 1.38. The molecule has 0 aromatic heterocycles. The van der Waals surface area contributed by atoms with Crippen LogP contribution >= 0.6 is 12.1 Å². The Kier molecular flexibility index (Phi) is 3.12. The van der Waals surface area contributed by atoms with Gasteiger partial charge in [0.05, 0.1) is 0 Å². The Balaban J connectivity index is 4.31. The number of aliphatic carboxylic acids is 1. The molecular weight excluding hydrogens is 149 g/mol. The van der Waals surface area contributed by atoms with Crippen LogP contribution in [-0.2, 0) is 4.79 Å². The van der Waals surface area contributed by atoms with Crippen LogP contribution in [-0.4, -0.2) is 23.3 Å². The van der Waals surface area contributed by atoms with Crippen LogP contribution in [0, 0.1) is 0 Å². The van der Waals surface area contributed by atoms with E-state index < -0.39 is 17.3 Å². The third-order valence-electron chi connectivity index (χ3n) is 1.37. The Hall–Kier alpha value is -0.285. The first kappa shape index (κ1) is 9.71. The third kappa shape index (κ3) is 2.15. The molecule has 0 amide bonds. The zero-order valence-electron chi connectivity index (χ0n) is 6.00. The Bertz CT molecular complexity index is 160. The summed E-state index contributed by atoms with van der Waals surface area (Å²) in [6, 6.07) is -0.912. The molecule has 0 aromatic carbocycles. The van der Waals surface area contributed by atoms with Gasteiger partial charge in [0, 0.05) is 0 Å². The summed E-state index contributed by atoms with van der Waals surface area (Å²) in [5, 5.41) is 7.85. The molecular formula is C5H10BNO2S. The summed E-state index contributed by atoms with van der Waals surface area (Å²) in [6.45, 7) is 3.39. The molecule has 0 aliphatic rings. The van der Waals surface area contributed by atoms with Gasteiger partial charge in [-0.3, -0.25) is 0 Å². The topological polar surface area (TPSA) is 63.3 Å². The first-order chi connectivity index (χ1) is 4.41. The summed E-state index contributed by atoms with van der Waals surface area (Å²) in [5.74, 6) is -1.02. The Labute approximate surface area is 65.7 Å². The van der Waals surface area contributed by atoms with Crippen LogP contribution in [0.15, 0.2) is 0 Å². The molecule has 0 rings (SSSR count). The monoisotopic (exact) mass is 159 g/mol. The molecule has 3 N–H and O–H groups in total. The number of hydrogen-bond donors (Lipinski definition) is 2. The van der Waals surface area contributed by atoms with Crippen LogP contribution in [0.3, 0.4) is 0 Å². The zero-order chi connectivity index (χ0) is 8.36. The van der Waals surface area contributed by atoms with Crippen molar-refractivity contribution in [1.82, 2.24) is 0 Å². The van der Waals surface area contributed by atoms with Gasteiger partial charge in [0.1, 0.15) is 0 Å². The van der Waals surface area contributed by atoms with E-state index in [1.165, 1.54) is 6.15 Å². The van der Waals surface area contributed by atoms with Crippen molar-refractivity contribution >= 4 is 24.2 Å². The molecule has 56 valence electrons. The minimum atomic E-state index is -1.02. The van der Waals surface area contributed by atoms with Crippen LogP contribution in [0.25, 0.3) is 0 Å². The van der Waals surface area contributed by atoms with Gasteiger partial charge in [-0.15, -0.1) is 0 Å². The molecule has 0 radical (unpaired) electrons. The number of nitrogens with two attached hydrogens (primary N) is 1. The number of rotatable bonds is 3. The molecule has 0 saturated carbocycles. The molecule has 0 aliphatic carbocycles. The van der Waals surface area contributed by atoms with Gasteiger partial charge in [-0.05, 0) is 0 Å². The van der Waals surface area contributed by atoms with E-state index >= 15 is 0 Å². The minimum absolute atomic E-state index is 0.610. The van der Waals surface area contributed by atoms with Gasteiger partial charge >= 0.3 is 65.0 Å². The first-order valence-corrected chi connectivity index (χ1v) is 3.33. The van der Waals surface area contributed by atoms with Crippen molar-refractivity contribution in [3.63, 3.8) is 0 Å². The van der Waals surface area contributed by atoms with Gasteiger partial charge in [0.25, 0.3) is 0 Å². The molecule has 0 saturated heterocycles. The molecule has 1 unspecified atom stereocenters. The molecule has 0 aliphatic heterocycles. The van der Waals surface area contributed by atoms with E-state index in [0.717, 1.165) is 0 Å². The van der Waals surface area contributed by atoms with Gasteiger partial charge in [-0.1, -0.05) is 0 Å². The number of carbonyl (C=O) groups is 1. The quantitative estimate of drug-likeness (QED) is 0.585. The normalized spacial score (nSPS) is 13.9. The van der Waals surface area contributed by atoms with E-state index in [0.29, 0.717) is 0 Å². The third-order valence-corrected chi connectivity index (χ3v) is 1.98. The van der Waals surface area contributed by atoms with Crippen LogP contribution in [0.1, 0.15) is 13.8 Å². The van der Waals surface area contributed by atoms with Crippen molar-refractivity contribution in [2.75, 3.05) is 0 Å². The van der Waals surface area contributed by atoms with Crippen LogP contribution in [0.4, 0.5) is 0 Å². The summed E-state index contributed by atoms with van der Waals surface area (Å²) in [4.78, 5) is 10.3. The molecule has 0 heterocycles.